The lowest BCUT2D eigenvalue weighted by Crippen LogP contribution is -2.27. The van der Waals surface area contributed by atoms with Crippen LogP contribution in [0.3, 0.4) is 0 Å². The number of ether oxygens (including phenoxy) is 2. The highest BCUT2D eigenvalue weighted by molar-refractivity contribution is 5.95. The molecule has 0 spiro atoms. The first-order valence-electron chi connectivity index (χ1n) is 10.1. The number of allylic oxidation sites excluding steroid dienone is 1. The van der Waals surface area contributed by atoms with Gasteiger partial charge in [0.2, 0.25) is 0 Å². The molecule has 3 N–H and O–H groups in total. The molecule has 2 aliphatic rings. The maximum Gasteiger partial charge on any atom is 0.336 e. The Labute approximate surface area is 171 Å². The van der Waals surface area contributed by atoms with E-state index in [2.05, 4.69) is 5.32 Å². The molecule has 1 aromatic carbocycles. The van der Waals surface area contributed by atoms with Crippen LogP contribution in [-0.2, 0) is 22.4 Å². The summed E-state index contributed by atoms with van der Waals surface area (Å²) in [5, 5.41) is 3.33. The lowest BCUT2D eigenvalue weighted by atomic mass is 9.79. The minimum absolute atomic E-state index is 0.315. The molecule has 6 nitrogen and oxygen atoms in total. The number of rotatable bonds is 4. The molecule has 0 saturated heterocycles. The second-order valence-corrected chi connectivity index (χ2v) is 7.51. The van der Waals surface area contributed by atoms with E-state index in [0.29, 0.717) is 12.2 Å². The highest BCUT2D eigenvalue weighted by Gasteiger charge is 2.37. The monoisotopic (exact) mass is 393 g/mol. The number of nitrogens with one attached hydrogen (secondary N) is 1. The van der Waals surface area contributed by atoms with Crippen molar-refractivity contribution in [3.8, 4) is 5.75 Å². The number of methoxy groups -OCH3 is 1. The molecule has 6 heteroatoms. The van der Waals surface area contributed by atoms with Gasteiger partial charge in [-0.1, -0.05) is 12.1 Å². The van der Waals surface area contributed by atoms with Gasteiger partial charge in [-0.3, -0.25) is 0 Å². The van der Waals surface area contributed by atoms with Gasteiger partial charge >= 0.3 is 5.97 Å². The Bertz CT molecular complexity index is 980. The first kappa shape index (κ1) is 19.3. The summed E-state index contributed by atoms with van der Waals surface area (Å²) < 4.78 is 10.7. The zero-order valence-corrected chi connectivity index (χ0v) is 17.2. The highest BCUT2D eigenvalue weighted by Crippen LogP contribution is 2.46. The normalized spacial score (nSPS) is 17.8. The summed E-state index contributed by atoms with van der Waals surface area (Å²) in [6, 6.07) is 7.75. The molecule has 2 aromatic rings. The van der Waals surface area contributed by atoms with Crippen LogP contribution >= 0.6 is 0 Å². The van der Waals surface area contributed by atoms with Crippen molar-refractivity contribution in [3.05, 3.63) is 57.9 Å². The van der Waals surface area contributed by atoms with E-state index in [1.807, 2.05) is 38.1 Å². The van der Waals surface area contributed by atoms with Gasteiger partial charge in [0, 0.05) is 28.6 Å². The molecule has 1 aromatic heterocycles. The van der Waals surface area contributed by atoms with E-state index in [1.54, 1.807) is 7.11 Å². The predicted octanol–water partition coefficient (Wildman–Crippen LogP) is 3.95. The van der Waals surface area contributed by atoms with Crippen LogP contribution in [0.15, 0.2) is 35.5 Å². The van der Waals surface area contributed by atoms with Gasteiger partial charge < -0.3 is 20.5 Å². The van der Waals surface area contributed by atoms with Crippen molar-refractivity contribution in [2.24, 2.45) is 0 Å². The molecule has 0 fully saturated rings. The number of carbonyl (C=O) groups is 1. The number of hydrogen-bond acceptors (Lipinski definition) is 6. The van der Waals surface area contributed by atoms with Gasteiger partial charge in [0.25, 0.3) is 0 Å². The summed E-state index contributed by atoms with van der Waals surface area (Å²) >= 11 is 0. The van der Waals surface area contributed by atoms with Crippen LogP contribution in [0.2, 0.25) is 0 Å². The molecule has 0 amide bonds. The Balaban J connectivity index is 1.93. The van der Waals surface area contributed by atoms with E-state index in [0.717, 1.165) is 71.0 Å². The minimum atomic E-state index is -0.337. The molecule has 152 valence electrons. The third kappa shape index (κ3) is 3.33. The van der Waals surface area contributed by atoms with Crippen LogP contribution in [0, 0.1) is 0 Å². The van der Waals surface area contributed by atoms with Crippen LogP contribution in [0.4, 0.5) is 11.5 Å². The lowest BCUT2D eigenvalue weighted by Gasteiger charge is -2.33. The second kappa shape index (κ2) is 7.78. The average Bonchev–Trinajstić information content (AvgIpc) is 2.73. The number of hydrogen-bond donors (Lipinski definition) is 2. The molecule has 1 atom stereocenters. The predicted molar refractivity (Wildman–Crippen MR) is 113 cm³/mol. The van der Waals surface area contributed by atoms with Gasteiger partial charge in [0.05, 0.1) is 19.3 Å². The Morgan fingerprint density at radius 3 is 2.66 bits per heavy atom. The summed E-state index contributed by atoms with van der Waals surface area (Å²) in [6.07, 6.45) is 4.10. The third-order valence-electron chi connectivity index (χ3n) is 5.79. The van der Waals surface area contributed by atoms with Crippen LogP contribution in [0.25, 0.3) is 0 Å². The zero-order chi connectivity index (χ0) is 20.5. The van der Waals surface area contributed by atoms with Crippen molar-refractivity contribution in [3.63, 3.8) is 0 Å². The average molecular weight is 393 g/mol. The molecule has 1 aliphatic heterocycles. The topological polar surface area (TPSA) is 86.5 Å². The summed E-state index contributed by atoms with van der Waals surface area (Å²) in [5.41, 5.74) is 12.8. The molecule has 0 radical (unpaired) electrons. The number of nitrogens with zero attached hydrogens (tertiary/aromatic N) is 1. The van der Waals surface area contributed by atoms with Crippen molar-refractivity contribution in [1.29, 1.82) is 0 Å². The molecular formula is C23H27N3O3. The SMILES string of the molecule is CCOC(=O)C1=C(C)Nc2nc3c(c(N)c2[C@H]1c1ccc(OC)cc1)CCCC3. The minimum Gasteiger partial charge on any atom is -0.497 e. The largest absolute Gasteiger partial charge is 0.497 e. The lowest BCUT2D eigenvalue weighted by molar-refractivity contribution is -0.138. The van der Waals surface area contributed by atoms with Crippen molar-refractivity contribution in [2.45, 2.75) is 45.4 Å². The van der Waals surface area contributed by atoms with Crippen molar-refractivity contribution in [2.75, 3.05) is 24.8 Å². The number of benzene rings is 1. The van der Waals surface area contributed by atoms with Gasteiger partial charge in [-0.25, -0.2) is 9.78 Å². The molecule has 2 heterocycles. The fourth-order valence-electron chi connectivity index (χ4n) is 4.39. The summed E-state index contributed by atoms with van der Waals surface area (Å²) in [5.74, 6) is 0.837. The molecule has 1 aliphatic carbocycles. The standard InChI is InChI=1S/C23H27N3O3/c1-4-29-23(27)18-13(2)25-22-20(19(18)14-9-11-15(28-3)12-10-14)21(24)16-7-5-6-8-17(16)26-22/h9-12,19H,4-8H2,1-3H3,(H3,24,25,26)/t19-/m0/s1. The summed E-state index contributed by atoms with van der Waals surface area (Å²) in [7, 11) is 1.64. The maximum absolute atomic E-state index is 12.9. The fraction of sp³-hybridized carbons (Fsp3) is 0.391. The quantitative estimate of drug-likeness (QED) is 0.765. The number of carbonyl (C=O) groups excluding carboxylic acids is 1. The second-order valence-electron chi connectivity index (χ2n) is 7.51. The zero-order valence-electron chi connectivity index (χ0n) is 17.2. The number of nitrogen functional groups attached to an aromatic ring is 1. The van der Waals surface area contributed by atoms with Crippen molar-refractivity contribution < 1.29 is 14.3 Å². The Hall–Kier alpha value is -3.02. The van der Waals surface area contributed by atoms with Gasteiger partial charge in [-0.15, -0.1) is 0 Å². The Morgan fingerprint density at radius 1 is 1.24 bits per heavy atom. The van der Waals surface area contributed by atoms with E-state index < -0.39 is 0 Å². The Morgan fingerprint density at radius 2 is 1.97 bits per heavy atom. The van der Waals surface area contributed by atoms with Crippen molar-refractivity contribution >= 4 is 17.5 Å². The fourth-order valence-corrected chi connectivity index (χ4v) is 4.39. The maximum atomic E-state index is 12.9. The van der Waals surface area contributed by atoms with E-state index in [-0.39, 0.29) is 11.9 Å². The molecule has 0 saturated carbocycles. The molecule has 4 rings (SSSR count). The van der Waals surface area contributed by atoms with E-state index in [1.165, 1.54) is 0 Å². The van der Waals surface area contributed by atoms with Gasteiger partial charge in [-0.05, 0) is 62.8 Å². The third-order valence-corrected chi connectivity index (χ3v) is 5.79. The van der Waals surface area contributed by atoms with Gasteiger partial charge in [0.1, 0.15) is 11.6 Å². The molecular weight excluding hydrogens is 366 g/mol. The number of fused-ring (bicyclic) bond motifs is 2. The summed E-state index contributed by atoms with van der Waals surface area (Å²) in [4.78, 5) is 17.8. The van der Waals surface area contributed by atoms with Crippen molar-refractivity contribution in [1.82, 2.24) is 4.98 Å². The number of pyridine rings is 1. The Kier molecular flexibility index (Phi) is 5.18. The first-order chi connectivity index (χ1) is 14.0. The number of anilines is 2. The van der Waals surface area contributed by atoms with E-state index >= 15 is 0 Å². The van der Waals surface area contributed by atoms with Gasteiger partial charge in [0.15, 0.2) is 0 Å². The highest BCUT2D eigenvalue weighted by atomic mass is 16.5. The number of aromatic nitrogens is 1. The number of esters is 1. The van der Waals surface area contributed by atoms with Crippen LogP contribution < -0.4 is 15.8 Å². The smallest absolute Gasteiger partial charge is 0.336 e. The van der Waals surface area contributed by atoms with E-state index in [9.17, 15) is 4.79 Å². The van der Waals surface area contributed by atoms with Gasteiger partial charge in [-0.2, -0.15) is 0 Å². The summed E-state index contributed by atoms with van der Waals surface area (Å²) in [6.45, 7) is 4.02. The van der Waals surface area contributed by atoms with Crippen LogP contribution in [0.5, 0.6) is 5.75 Å². The van der Waals surface area contributed by atoms with E-state index in [4.69, 9.17) is 20.2 Å². The number of aryl methyl sites for hydroxylation is 1. The molecule has 0 bridgehead atoms. The molecule has 29 heavy (non-hydrogen) atoms. The van der Waals surface area contributed by atoms with Crippen LogP contribution in [-0.4, -0.2) is 24.7 Å². The van der Waals surface area contributed by atoms with Crippen LogP contribution in [0.1, 0.15) is 55.0 Å². The molecule has 0 unspecified atom stereocenters. The first-order valence-corrected chi connectivity index (χ1v) is 10.1. The number of nitrogens with two attached hydrogens (primary N) is 1.